The van der Waals surface area contributed by atoms with Crippen molar-refractivity contribution in [2.45, 2.75) is 38.6 Å². The highest BCUT2D eigenvalue weighted by Gasteiger charge is 2.27. The lowest BCUT2D eigenvalue weighted by molar-refractivity contribution is 0.0954. The van der Waals surface area contributed by atoms with Crippen LogP contribution in [0.4, 0.5) is 0 Å². The molecule has 1 heterocycles. The van der Waals surface area contributed by atoms with Crippen LogP contribution in [0, 0.1) is 0 Å². The first-order chi connectivity index (χ1) is 12.5. The van der Waals surface area contributed by atoms with Gasteiger partial charge in [0.05, 0.1) is 0 Å². The first-order valence-electron chi connectivity index (χ1n) is 9.56. The molecule has 0 bridgehead atoms. The lowest BCUT2D eigenvalue weighted by atomic mass is 9.98. The zero-order valence-corrected chi connectivity index (χ0v) is 16.3. The lowest BCUT2D eigenvalue weighted by Gasteiger charge is -2.41. The topological polar surface area (TPSA) is 68.8 Å². The molecule has 1 fully saturated rings. The number of nitrogens with zero attached hydrogens (tertiary/aromatic N) is 2. The number of nitrogens with one attached hydrogen (secondary N) is 3. The number of benzene rings is 1. The van der Waals surface area contributed by atoms with Crippen LogP contribution in [0.15, 0.2) is 35.3 Å². The van der Waals surface area contributed by atoms with Crippen molar-refractivity contribution in [3.63, 3.8) is 0 Å². The molecule has 0 unspecified atom stereocenters. The van der Waals surface area contributed by atoms with Gasteiger partial charge in [-0.15, -0.1) is 0 Å². The summed E-state index contributed by atoms with van der Waals surface area (Å²) in [5, 5.41) is 9.58. The van der Waals surface area contributed by atoms with Crippen LogP contribution < -0.4 is 16.0 Å². The van der Waals surface area contributed by atoms with Gasteiger partial charge in [-0.3, -0.25) is 14.7 Å². The molecule has 0 atom stereocenters. The first kappa shape index (κ1) is 20.2. The number of hydrogen-bond acceptors (Lipinski definition) is 3. The van der Waals surface area contributed by atoms with E-state index in [1.54, 1.807) is 7.05 Å². The first-order valence-corrected chi connectivity index (χ1v) is 9.56. The number of amides is 1. The third-order valence-electron chi connectivity index (χ3n) is 4.86. The van der Waals surface area contributed by atoms with Gasteiger partial charge < -0.3 is 16.0 Å². The van der Waals surface area contributed by atoms with Crippen molar-refractivity contribution in [3.8, 4) is 0 Å². The number of carbonyl (C=O) groups is 1. The molecule has 3 N–H and O–H groups in total. The van der Waals surface area contributed by atoms with Gasteiger partial charge in [-0.05, 0) is 51.9 Å². The molecule has 0 saturated carbocycles. The van der Waals surface area contributed by atoms with E-state index in [0.717, 1.165) is 12.5 Å². The number of piperidine rings is 1. The van der Waals surface area contributed by atoms with E-state index in [4.69, 9.17) is 0 Å². The predicted molar refractivity (Wildman–Crippen MR) is 108 cm³/mol. The summed E-state index contributed by atoms with van der Waals surface area (Å²) < 4.78 is 0. The number of rotatable bonds is 7. The highest BCUT2D eigenvalue weighted by Crippen LogP contribution is 2.19. The summed E-state index contributed by atoms with van der Waals surface area (Å²) >= 11 is 0. The van der Waals surface area contributed by atoms with Crippen molar-refractivity contribution in [2.24, 2.45) is 4.99 Å². The Morgan fingerprint density at radius 1 is 1.04 bits per heavy atom. The van der Waals surface area contributed by atoms with Crippen molar-refractivity contribution >= 4 is 11.9 Å². The van der Waals surface area contributed by atoms with Crippen molar-refractivity contribution in [1.82, 2.24) is 20.9 Å². The highest BCUT2D eigenvalue weighted by molar-refractivity contribution is 5.94. The Morgan fingerprint density at radius 2 is 1.69 bits per heavy atom. The Labute approximate surface area is 157 Å². The third kappa shape index (κ3) is 6.33. The minimum atomic E-state index is -0.0541. The minimum absolute atomic E-state index is 0.0541. The van der Waals surface area contributed by atoms with E-state index in [-0.39, 0.29) is 11.4 Å². The smallest absolute Gasteiger partial charge is 0.251 e. The molecule has 1 aromatic rings. The van der Waals surface area contributed by atoms with E-state index in [1.165, 1.54) is 32.4 Å². The number of likely N-dealkylation sites (tertiary alicyclic amines) is 1. The van der Waals surface area contributed by atoms with Crippen LogP contribution in [0.3, 0.4) is 0 Å². The number of carbonyl (C=O) groups excluding carboxylic acids is 1. The van der Waals surface area contributed by atoms with Crippen LogP contribution in [0.1, 0.15) is 43.5 Å². The van der Waals surface area contributed by atoms with Crippen LogP contribution in [0.25, 0.3) is 0 Å². The van der Waals surface area contributed by atoms with Gasteiger partial charge >= 0.3 is 0 Å². The van der Waals surface area contributed by atoms with Crippen molar-refractivity contribution < 1.29 is 4.79 Å². The summed E-state index contributed by atoms with van der Waals surface area (Å²) in [5.41, 5.74) is 0.776. The molecule has 26 heavy (non-hydrogen) atoms. The molecular formula is C20H33N5O. The average Bonchev–Trinajstić information content (AvgIpc) is 2.68. The number of hydrogen-bond donors (Lipinski definition) is 3. The van der Waals surface area contributed by atoms with Gasteiger partial charge in [-0.25, -0.2) is 0 Å². The molecular weight excluding hydrogens is 326 g/mol. The maximum absolute atomic E-state index is 12.0. The Morgan fingerprint density at radius 3 is 2.35 bits per heavy atom. The second kappa shape index (κ2) is 10.2. The van der Waals surface area contributed by atoms with Crippen LogP contribution in [0.2, 0.25) is 0 Å². The zero-order valence-electron chi connectivity index (χ0n) is 16.3. The normalized spacial score (nSPS) is 16.2. The SMILES string of the molecule is CN=C(NCCNC(=O)c1ccccc1)NCC(C)(C)N1CCCCC1. The summed E-state index contributed by atoms with van der Waals surface area (Å²) in [7, 11) is 1.77. The van der Waals surface area contributed by atoms with Crippen LogP contribution in [-0.2, 0) is 0 Å². The summed E-state index contributed by atoms with van der Waals surface area (Å²) in [5.74, 6) is 0.714. The maximum atomic E-state index is 12.0. The quantitative estimate of drug-likeness (QED) is 0.395. The lowest BCUT2D eigenvalue weighted by Crippen LogP contribution is -2.55. The van der Waals surface area contributed by atoms with Gasteiger partial charge in [0.25, 0.3) is 5.91 Å². The van der Waals surface area contributed by atoms with Crippen LogP contribution in [0.5, 0.6) is 0 Å². The molecule has 6 nitrogen and oxygen atoms in total. The molecule has 1 aliphatic rings. The van der Waals surface area contributed by atoms with E-state index in [2.05, 4.69) is 39.7 Å². The third-order valence-corrected chi connectivity index (χ3v) is 4.86. The fourth-order valence-corrected chi connectivity index (χ4v) is 3.18. The summed E-state index contributed by atoms with van der Waals surface area (Å²) in [6, 6.07) is 9.25. The molecule has 0 spiro atoms. The minimum Gasteiger partial charge on any atom is -0.355 e. The molecule has 0 aliphatic carbocycles. The Bertz CT molecular complexity index is 579. The van der Waals surface area contributed by atoms with Gasteiger partial charge in [-0.2, -0.15) is 0 Å². The molecule has 1 saturated heterocycles. The van der Waals surface area contributed by atoms with E-state index >= 15 is 0 Å². The fraction of sp³-hybridized carbons (Fsp3) is 0.600. The molecule has 0 aromatic heterocycles. The molecule has 0 radical (unpaired) electrons. The van der Waals surface area contributed by atoms with Crippen molar-refractivity contribution in [1.29, 1.82) is 0 Å². The van der Waals surface area contributed by atoms with Gasteiger partial charge in [0.2, 0.25) is 0 Å². The molecule has 1 aromatic carbocycles. The van der Waals surface area contributed by atoms with Crippen LogP contribution in [-0.4, -0.2) is 62.1 Å². The van der Waals surface area contributed by atoms with Gasteiger partial charge in [0.15, 0.2) is 5.96 Å². The second-order valence-corrected chi connectivity index (χ2v) is 7.33. The van der Waals surface area contributed by atoms with Crippen molar-refractivity contribution in [3.05, 3.63) is 35.9 Å². The molecule has 6 heteroatoms. The molecule has 1 amide bonds. The summed E-state index contributed by atoms with van der Waals surface area (Å²) in [6.45, 7) is 8.91. The average molecular weight is 360 g/mol. The van der Waals surface area contributed by atoms with E-state index in [9.17, 15) is 4.79 Å². The van der Waals surface area contributed by atoms with E-state index in [1.807, 2.05) is 30.3 Å². The predicted octanol–water partition coefficient (Wildman–Crippen LogP) is 1.85. The summed E-state index contributed by atoms with van der Waals surface area (Å²) in [6.07, 6.45) is 3.92. The number of guanidine groups is 1. The van der Waals surface area contributed by atoms with Gasteiger partial charge in [0, 0.05) is 37.8 Å². The molecule has 2 rings (SSSR count). The van der Waals surface area contributed by atoms with E-state index < -0.39 is 0 Å². The summed E-state index contributed by atoms with van der Waals surface area (Å²) in [4.78, 5) is 18.8. The van der Waals surface area contributed by atoms with Gasteiger partial charge in [-0.1, -0.05) is 24.6 Å². The number of aliphatic imine (C=N–C) groups is 1. The Balaban J connectivity index is 1.68. The van der Waals surface area contributed by atoms with Crippen LogP contribution >= 0.6 is 0 Å². The standard InChI is InChI=1S/C20H33N5O/c1-20(2,25-14-8-5-9-15-25)16-24-19(21-3)23-13-12-22-18(26)17-10-6-4-7-11-17/h4,6-7,10-11H,5,8-9,12-16H2,1-3H3,(H,22,26)(H2,21,23,24). The molecule has 144 valence electrons. The fourth-order valence-electron chi connectivity index (χ4n) is 3.18. The zero-order chi connectivity index (χ0) is 18.8. The molecule has 1 aliphatic heterocycles. The second-order valence-electron chi connectivity index (χ2n) is 7.33. The van der Waals surface area contributed by atoms with Crippen molar-refractivity contribution in [2.75, 3.05) is 39.8 Å². The Hall–Kier alpha value is -2.08. The largest absolute Gasteiger partial charge is 0.355 e. The Kier molecular flexibility index (Phi) is 7.91. The van der Waals surface area contributed by atoms with E-state index in [0.29, 0.717) is 18.7 Å². The van der Waals surface area contributed by atoms with Gasteiger partial charge in [0.1, 0.15) is 0 Å². The maximum Gasteiger partial charge on any atom is 0.251 e. The highest BCUT2D eigenvalue weighted by atomic mass is 16.1. The monoisotopic (exact) mass is 359 g/mol.